The second-order valence-electron chi connectivity index (χ2n) is 2.65. The SMILES string of the molecule is C/C=N\OC(=O)/C(Cl)=C/c1ccccc1. The van der Waals surface area contributed by atoms with Gasteiger partial charge in [0.1, 0.15) is 5.03 Å². The lowest BCUT2D eigenvalue weighted by Crippen LogP contribution is -1.99. The van der Waals surface area contributed by atoms with Crippen LogP contribution < -0.4 is 0 Å². The van der Waals surface area contributed by atoms with E-state index in [4.69, 9.17) is 11.6 Å². The molecule has 0 spiro atoms. The van der Waals surface area contributed by atoms with Crippen LogP contribution in [-0.2, 0) is 9.63 Å². The second-order valence-corrected chi connectivity index (χ2v) is 3.05. The van der Waals surface area contributed by atoms with Crippen molar-refractivity contribution in [3.63, 3.8) is 0 Å². The van der Waals surface area contributed by atoms with E-state index in [0.29, 0.717) is 0 Å². The average Bonchev–Trinajstić information content (AvgIpc) is 2.27. The fraction of sp³-hybridized carbons (Fsp3) is 0.0909. The topological polar surface area (TPSA) is 38.7 Å². The number of hydrogen-bond donors (Lipinski definition) is 0. The molecule has 0 atom stereocenters. The number of hydrogen-bond acceptors (Lipinski definition) is 3. The van der Waals surface area contributed by atoms with Crippen LogP contribution in [0, 0.1) is 0 Å². The molecule has 0 saturated carbocycles. The van der Waals surface area contributed by atoms with E-state index in [2.05, 4.69) is 9.99 Å². The van der Waals surface area contributed by atoms with Crippen molar-refractivity contribution in [2.45, 2.75) is 6.92 Å². The van der Waals surface area contributed by atoms with E-state index in [-0.39, 0.29) is 5.03 Å². The van der Waals surface area contributed by atoms with Crippen molar-refractivity contribution in [2.24, 2.45) is 5.16 Å². The lowest BCUT2D eigenvalue weighted by Gasteiger charge is -1.95. The summed E-state index contributed by atoms with van der Waals surface area (Å²) in [7, 11) is 0. The highest BCUT2D eigenvalue weighted by Crippen LogP contribution is 2.11. The summed E-state index contributed by atoms with van der Waals surface area (Å²) in [6, 6.07) is 9.25. The Morgan fingerprint density at radius 1 is 1.40 bits per heavy atom. The third-order valence-corrected chi connectivity index (χ3v) is 1.79. The molecule has 0 aliphatic heterocycles. The summed E-state index contributed by atoms with van der Waals surface area (Å²) in [5, 5.41) is 3.33. The van der Waals surface area contributed by atoms with Gasteiger partial charge in [-0.2, -0.15) is 0 Å². The van der Waals surface area contributed by atoms with E-state index in [0.717, 1.165) is 5.56 Å². The number of carbonyl (C=O) groups is 1. The van der Waals surface area contributed by atoms with Crippen LogP contribution in [-0.4, -0.2) is 12.2 Å². The number of nitrogens with zero attached hydrogens (tertiary/aromatic N) is 1. The Balaban J connectivity index is 2.72. The zero-order valence-corrected chi connectivity index (χ0v) is 8.94. The minimum absolute atomic E-state index is 0.00759. The van der Waals surface area contributed by atoms with Gasteiger partial charge in [0.25, 0.3) is 0 Å². The molecule has 0 fully saturated rings. The van der Waals surface area contributed by atoms with Gasteiger partial charge in [-0.3, -0.25) is 0 Å². The summed E-state index contributed by atoms with van der Waals surface area (Å²) in [5.74, 6) is -0.668. The minimum atomic E-state index is -0.668. The molecule has 0 radical (unpaired) electrons. The summed E-state index contributed by atoms with van der Waals surface area (Å²) >= 11 is 5.71. The highest BCUT2D eigenvalue weighted by Gasteiger charge is 2.07. The van der Waals surface area contributed by atoms with Crippen molar-refractivity contribution < 1.29 is 9.63 Å². The molecule has 15 heavy (non-hydrogen) atoms. The van der Waals surface area contributed by atoms with Crippen LogP contribution in [0.4, 0.5) is 0 Å². The van der Waals surface area contributed by atoms with Gasteiger partial charge in [-0.05, 0) is 18.6 Å². The van der Waals surface area contributed by atoms with Crippen LogP contribution in [0.2, 0.25) is 0 Å². The summed E-state index contributed by atoms with van der Waals surface area (Å²) in [5.41, 5.74) is 0.833. The molecule has 0 aromatic heterocycles. The van der Waals surface area contributed by atoms with Crippen LogP contribution in [0.25, 0.3) is 6.08 Å². The maximum absolute atomic E-state index is 11.2. The molecule has 1 rings (SSSR count). The van der Waals surface area contributed by atoms with Crippen molar-refractivity contribution in [2.75, 3.05) is 0 Å². The van der Waals surface area contributed by atoms with Gasteiger partial charge in [0.05, 0.1) is 0 Å². The van der Waals surface area contributed by atoms with E-state index in [1.807, 2.05) is 30.3 Å². The average molecular weight is 224 g/mol. The number of oxime groups is 1. The van der Waals surface area contributed by atoms with E-state index < -0.39 is 5.97 Å². The Kier molecular flexibility index (Phi) is 4.57. The van der Waals surface area contributed by atoms with E-state index in [9.17, 15) is 4.79 Å². The molecule has 3 nitrogen and oxygen atoms in total. The highest BCUT2D eigenvalue weighted by atomic mass is 35.5. The van der Waals surface area contributed by atoms with E-state index in [1.165, 1.54) is 12.3 Å². The van der Waals surface area contributed by atoms with Crippen LogP contribution in [0.1, 0.15) is 12.5 Å². The zero-order valence-electron chi connectivity index (χ0n) is 8.18. The molecule has 0 aliphatic rings. The number of benzene rings is 1. The Morgan fingerprint density at radius 3 is 2.67 bits per heavy atom. The standard InChI is InChI=1S/C11H10ClNO2/c1-2-13-15-11(14)10(12)8-9-6-4-3-5-7-9/h2-8H,1H3/b10-8-,13-2-. The van der Waals surface area contributed by atoms with Gasteiger partial charge < -0.3 is 4.84 Å². The Labute approximate surface area is 93.0 Å². The predicted octanol–water partition coefficient (Wildman–Crippen LogP) is 2.82. The van der Waals surface area contributed by atoms with Gasteiger partial charge in [-0.25, -0.2) is 4.79 Å². The Hall–Kier alpha value is -1.61. The third kappa shape index (κ3) is 3.95. The number of halogens is 1. The largest absolute Gasteiger partial charge is 0.376 e. The van der Waals surface area contributed by atoms with Gasteiger partial charge in [0, 0.05) is 6.21 Å². The molecule has 78 valence electrons. The maximum Gasteiger partial charge on any atom is 0.376 e. The van der Waals surface area contributed by atoms with Crippen LogP contribution in [0.15, 0.2) is 40.5 Å². The van der Waals surface area contributed by atoms with Crippen molar-refractivity contribution in [1.29, 1.82) is 0 Å². The Morgan fingerprint density at radius 2 is 2.07 bits per heavy atom. The van der Waals surface area contributed by atoms with Crippen molar-refractivity contribution in [3.05, 3.63) is 40.9 Å². The molecule has 0 bridgehead atoms. The fourth-order valence-electron chi connectivity index (χ4n) is 0.899. The van der Waals surface area contributed by atoms with Gasteiger partial charge >= 0.3 is 5.97 Å². The summed E-state index contributed by atoms with van der Waals surface area (Å²) in [6.07, 6.45) is 2.89. The van der Waals surface area contributed by atoms with Crippen LogP contribution in [0.5, 0.6) is 0 Å². The quantitative estimate of drug-likeness (QED) is 0.342. The highest BCUT2D eigenvalue weighted by molar-refractivity contribution is 6.43. The molecular formula is C11H10ClNO2. The molecule has 0 heterocycles. The first-order valence-corrected chi connectivity index (χ1v) is 4.73. The number of carbonyl (C=O) groups excluding carboxylic acids is 1. The lowest BCUT2D eigenvalue weighted by atomic mass is 10.2. The Bertz CT molecular complexity index is 385. The second kappa shape index (κ2) is 5.98. The van der Waals surface area contributed by atoms with Crippen LogP contribution in [0.3, 0.4) is 0 Å². The zero-order chi connectivity index (χ0) is 11.1. The van der Waals surface area contributed by atoms with Gasteiger partial charge in [0.15, 0.2) is 0 Å². The smallest absolute Gasteiger partial charge is 0.312 e. The van der Waals surface area contributed by atoms with E-state index in [1.54, 1.807) is 6.92 Å². The molecule has 0 unspecified atom stereocenters. The normalized spacial score (nSPS) is 11.7. The molecule has 0 aliphatic carbocycles. The van der Waals surface area contributed by atoms with E-state index >= 15 is 0 Å². The van der Waals surface area contributed by atoms with Crippen molar-refractivity contribution in [3.8, 4) is 0 Å². The molecule has 1 aromatic rings. The summed E-state index contributed by atoms with van der Waals surface area (Å²) in [6.45, 7) is 1.64. The number of rotatable bonds is 3. The van der Waals surface area contributed by atoms with Crippen molar-refractivity contribution >= 4 is 29.9 Å². The predicted molar refractivity (Wildman–Crippen MR) is 60.5 cm³/mol. The molecule has 4 heteroatoms. The van der Waals surface area contributed by atoms with Crippen molar-refractivity contribution in [1.82, 2.24) is 0 Å². The first-order chi connectivity index (χ1) is 7.24. The first-order valence-electron chi connectivity index (χ1n) is 4.35. The monoisotopic (exact) mass is 223 g/mol. The molecule has 0 saturated heterocycles. The molecule has 0 amide bonds. The minimum Gasteiger partial charge on any atom is -0.312 e. The molecular weight excluding hydrogens is 214 g/mol. The van der Waals surface area contributed by atoms with Crippen LogP contribution >= 0.6 is 11.6 Å². The summed E-state index contributed by atoms with van der Waals surface area (Å²) < 4.78 is 0. The summed E-state index contributed by atoms with van der Waals surface area (Å²) in [4.78, 5) is 15.6. The first kappa shape index (κ1) is 11.5. The van der Waals surface area contributed by atoms with Gasteiger partial charge in [-0.15, -0.1) is 0 Å². The van der Waals surface area contributed by atoms with Gasteiger partial charge in [0.2, 0.25) is 0 Å². The fourth-order valence-corrected chi connectivity index (χ4v) is 1.06. The van der Waals surface area contributed by atoms with Gasteiger partial charge in [-0.1, -0.05) is 47.1 Å². The third-order valence-electron chi connectivity index (χ3n) is 1.53. The maximum atomic E-state index is 11.2. The molecule has 1 aromatic carbocycles. The molecule has 0 N–H and O–H groups in total. The lowest BCUT2D eigenvalue weighted by molar-refractivity contribution is -0.138.